The molecule has 1 aliphatic carbocycles. The van der Waals surface area contributed by atoms with Gasteiger partial charge >= 0.3 is 0 Å². The van der Waals surface area contributed by atoms with E-state index in [2.05, 4.69) is 67.5 Å². The van der Waals surface area contributed by atoms with Gasteiger partial charge in [-0.1, -0.05) is 73.5 Å². The number of hydrogen-bond donors (Lipinski definition) is 15. The van der Waals surface area contributed by atoms with Crippen LogP contribution in [0.25, 0.3) is 10.9 Å². The minimum absolute atomic E-state index is 0.00739. The number of aromatic amines is 1. The van der Waals surface area contributed by atoms with Crippen molar-refractivity contribution in [3.05, 3.63) is 102 Å². The molecule has 0 unspecified atom stereocenters. The van der Waals surface area contributed by atoms with E-state index in [0.29, 0.717) is 24.0 Å². The molecule has 23 heteroatoms. The number of aliphatic hydroxyl groups excluding tert-OH is 1. The van der Waals surface area contributed by atoms with Crippen LogP contribution >= 0.6 is 25.3 Å². The molecule has 1 heterocycles. The summed E-state index contributed by atoms with van der Waals surface area (Å²) in [6, 6.07) is 13.1. The Balaban J connectivity index is 1.42. The SMILES string of the molecule is C[C@@H](O)[C@H](NC(=O)[C@@H](NC(=O)C1(NC(=O)[C@H](CCCN)NC(=O)[C@@H](Cc2c[nH]c3ccccc23)NC(=O)[C@H](Cc2ccc(O)cc2)NC(=O)[C@H](CS)NC(=O)[C@H](N)Cc2ccccc2)CCCC1)C(C)(C)S)C(N)=O. The molecule has 1 saturated carbocycles. The summed E-state index contributed by atoms with van der Waals surface area (Å²) in [5, 5.41) is 39.8. The van der Waals surface area contributed by atoms with Crippen molar-refractivity contribution in [2.75, 3.05) is 12.3 Å². The lowest BCUT2D eigenvalue weighted by Gasteiger charge is -2.36. The van der Waals surface area contributed by atoms with E-state index in [1.807, 2.05) is 54.6 Å². The monoisotopic (exact) mass is 1070 g/mol. The zero-order chi connectivity index (χ0) is 55.0. The summed E-state index contributed by atoms with van der Waals surface area (Å²) in [6.07, 6.45) is 1.88. The van der Waals surface area contributed by atoms with Crippen LogP contribution in [0.15, 0.2) is 85.1 Å². The van der Waals surface area contributed by atoms with Crippen LogP contribution in [0.2, 0.25) is 0 Å². The fourth-order valence-corrected chi connectivity index (χ4v) is 9.30. The van der Waals surface area contributed by atoms with Gasteiger partial charge in [0.15, 0.2) is 0 Å². The molecule has 4 aromatic rings. The number of primary amides is 1. The van der Waals surface area contributed by atoms with E-state index in [1.54, 1.807) is 32.2 Å². The Morgan fingerprint density at radius 1 is 0.707 bits per heavy atom. The fourth-order valence-electron chi connectivity index (χ4n) is 8.86. The maximum absolute atomic E-state index is 14.8. The molecule has 1 fully saturated rings. The highest BCUT2D eigenvalue weighted by molar-refractivity contribution is 7.81. The number of aliphatic hydroxyl groups is 1. The van der Waals surface area contributed by atoms with E-state index in [9.17, 15) is 48.6 Å². The number of phenols is 1. The van der Waals surface area contributed by atoms with Gasteiger partial charge in [-0.3, -0.25) is 38.4 Å². The number of fused-ring (bicyclic) bond motifs is 1. The third-order valence-electron chi connectivity index (χ3n) is 13.1. The smallest absolute Gasteiger partial charge is 0.246 e. The van der Waals surface area contributed by atoms with Crippen LogP contribution in [-0.2, 0) is 57.6 Å². The number of carbonyl (C=O) groups excluding carboxylic acids is 8. The molecule has 75 heavy (non-hydrogen) atoms. The van der Waals surface area contributed by atoms with E-state index >= 15 is 0 Å². The molecule has 1 aliphatic rings. The lowest BCUT2D eigenvalue weighted by molar-refractivity contribution is -0.138. The number of carbonyl (C=O) groups is 8. The maximum atomic E-state index is 14.8. The normalized spacial score (nSPS) is 16.4. The van der Waals surface area contributed by atoms with Crippen molar-refractivity contribution in [1.29, 1.82) is 0 Å². The number of aromatic hydroxyl groups is 1. The molecule has 21 nitrogen and oxygen atoms in total. The molecule has 0 saturated heterocycles. The first-order valence-corrected chi connectivity index (χ1v) is 25.9. The first-order valence-electron chi connectivity index (χ1n) is 24.8. The molecule has 0 bridgehead atoms. The summed E-state index contributed by atoms with van der Waals surface area (Å²) in [4.78, 5) is 114. The lowest BCUT2D eigenvalue weighted by Crippen LogP contribution is -2.67. The van der Waals surface area contributed by atoms with Gasteiger partial charge in [-0.05, 0) is 94.3 Å². The van der Waals surface area contributed by atoms with E-state index in [4.69, 9.17) is 17.2 Å². The Kier molecular flexibility index (Phi) is 21.5. The average Bonchev–Trinajstić information content (AvgIpc) is 4.02. The number of phenolic OH excluding ortho intramolecular Hbond substituents is 1. The number of amides is 8. The highest BCUT2D eigenvalue weighted by Crippen LogP contribution is 2.31. The van der Waals surface area contributed by atoms with Gasteiger partial charge in [0.25, 0.3) is 0 Å². The number of thiol groups is 2. The largest absolute Gasteiger partial charge is 0.508 e. The number of para-hydroxylation sites is 1. The second-order valence-corrected chi connectivity index (χ2v) is 21.1. The van der Waals surface area contributed by atoms with Crippen molar-refractivity contribution in [3.8, 4) is 5.75 Å². The summed E-state index contributed by atoms with van der Waals surface area (Å²) < 4.78 is -1.24. The van der Waals surface area contributed by atoms with Crippen molar-refractivity contribution in [1.82, 2.24) is 42.2 Å². The molecule has 16 N–H and O–H groups in total. The first-order chi connectivity index (χ1) is 35.5. The molecule has 0 aliphatic heterocycles. The summed E-state index contributed by atoms with van der Waals surface area (Å²) in [5.41, 5.74) is 18.7. The standard InChI is InChI=1S/C52H71N11O10S2/c1-29(64)41(43(55)66)61-49(72)42(51(2,3)75)62-50(73)52(21-9-10-22-52)63-48(71)37(16-11-23-53)57-46(69)39(26-32-27-56-36-15-8-7-14-34(32)36)59-45(68)38(25-31-17-19-33(65)20-18-31)58-47(70)40(28-74)60-44(67)35(54)24-30-12-5-4-6-13-30/h4-8,12-15,17-20,27,29,35,37-42,56,64-65,74-75H,9-11,16,21-26,28,53-54H2,1-3H3,(H2,55,66)(H,57,69)(H,58,70)(H,59,68)(H,60,67)(H,61,72)(H,62,73)(H,63,71)/t29-,35-,37+,38+,39-,40+,41+,42-/m1/s1. The van der Waals surface area contributed by atoms with Gasteiger partial charge in [-0.25, -0.2) is 0 Å². The predicted octanol–water partition coefficient (Wildman–Crippen LogP) is -0.190. The van der Waals surface area contributed by atoms with Crippen LogP contribution < -0.4 is 54.4 Å². The van der Waals surface area contributed by atoms with E-state index < -0.39 is 106 Å². The van der Waals surface area contributed by atoms with Crippen LogP contribution in [0.3, 0.4) is 0 Å². The van der Waals surface area contributed by atoms with Crippen molar-refractivity contribution < 1.29 is 48.6 Å². The Morgan fingerprint density at radius 3 is 1.85 bits per heavy atom. The highest BCUT2D eigenvalue weighted by Gasteiger charge is 2.47. The zero-order valence-corrected chi connectivity index (χ0v) is 44.1. The van der Waals surface area contributed by atoms with Crippen LogP contribution in [0.4, 0.5) is 0 Å². The third kappa shape index (κ3) is 16.7. The lowest BCUT2D eigenvalue weighted by atomic mass is 9.92. The van der Waals surface area contributed by atoms with Gasteiger partial charge in [-0.2, -0.15) is 25.3 Å². The summed E-state index contributed by atoms with van der Waals surface area (Å²) >= 11 is 8.87. The maximum Gasteiger partial charge on any atom is 0.246 e. The number of aromatic nitrogens is 1. The predicted molar refractivity (Wildman–Crippen MR) is 289 cm³/mol. The van der Waals surface area contributed by atoms with Gasteiger partial charge in [0, 0.05) is 40.4 Å². The van der Waals surface area contributed by atoms with Gasteiger partial charge < -0.3 is 69.6 Å². The molecule has 3 aromatic carbocycles. The second-order valence-electron chi connectivity index (χ2n) is 19.6. The second kappa shape index (κ2) is 27.2. The average molecular weight is 1070 g/mol. The fraction of sp³-hybridized carbons (Fsp3) is 0.462. The number of nitrogens with one attached hydrogen (secondary N) is 8. The van der Waals surface area contributed by atoms with E-state index in [0.717, 1.165) is 16.5 Å². The number of rotatable bonds is 27. The molecule has 5 rings (SSSR count). The summed E-state index contributed by atoms with van der Waals surface area (Å²) in [6.45, 7) is 4.50. The van der Waals surface area contributed by atoms with Crippen LogP contribution in [0.5, 0.6) is 5.75 Å². The molecule has 8 amide bonds. The van der Waals surface area contributed by atoms with Crippen molar-refractivity contribution in [2.24, 2.45) is 17.2 Å². The van der Waals surface area contributed by atoms with Crippen LogP contribution in [0.1, 0.15) is 76.0 Å². The number of H-pyrrole nitrogens is 1. The Morgan fingerprint density at radius 2 is 1.27 bits per heavy atom. The van der Waals surface area contributed by atoms with Crippen molar-refractivity contribution in [2.45, 2.75) is 137 Å². The molecule has 1 aromatic heterocycles. The Hall–Kier alpha value is -6.66. The topological polar surface area (TPSA) is 355 Å². The summed E-state index contributed by atoms with van der Waals surface area (Å²) in [7, 11) is 0. The van der Waals surface area contributed by atoms with Crippen LogP contribution in [-0.4, -0.2) is 133 Å². The molecular weight excluding hydrogens is 1000 g/mol. The van der Waals surface area contributed by atoms with Crippen LogP contribution in [0, 0.1) is 0 Å². The molecule has 8 atom stereocenters. The third-order valence-corrected chi connectivity index (χ3v) is 13.7. The number of benzene rings is 3. The molecule has 406 valence electrons. The van der Waals surface area contributed by atoms with Gasteiger partial charge in [0.1, 0.15) is 47.5 Å². The Labute approximate surface area is 446 Å². The summed E-state index contributed by atoms with van der Waals surface area (Å²) in [5.74, 6) is -6.57. The van der Waals surface area contributed by atoms with Gasteiger partial charge in [0.2, 0.25) is 47.3 Å². The van der Waals surface area contributed by atoms with E-state index in [-0.39, 0.29) is 63.0 Å². The first kappa shape index (κ1) is 59.2. The van der Waals surface area contributed by atoms with E-state index in [1.165, 1.54) is 19.1 Å². The van der Waals surface area contributed by atoms with Gasteiger partial charge in [0.05, 0.1) is 12.1 Å². The molecule has 0 radical (unpaired) electrons. The number of nitrogens with two attached hydrogens (primary N) is 3. The molecule has 0 spiro atoms. The number of hydrogen-bond acceptors (Lipinski definition) is 14. The molecular formula is C52H71N11O10S2. The highest BCUT2D eigenvalue weighted by atomic mass is 32.1. The van der Waals surface area contributed by atoms with Crippen molar-refractivity contribution in [3.63, 3.8) is 0 Å². The minimum Gasteiger partial charge on any atom is -0.508 e. The zero-order valence-electron chi connectivity index (χ0n) is 42.3. The minimum atomic E-state index is -1.57. The van der Waals surface area contributed by atoms with Crippen molar-refractivity contribution >= 4 is 83.4 Å². The quantitative estimate of drug-likeness (QED) is 0.0346. The Bertz CT molecular complexity index is 2620. The van der Waals surface area contributed by atoms with Gasteiger partial charge in [-0.15, -0.1) is 0 Å².